The van der Waals surface area contributed by atoms with Crippen LogP contribution in [0.25, 0.3) is 0 Å². The zero-order chi connectivity index (χ0) is 17.4. The van der Waals surface area contributed by atoms with E-state index in [1.807, 2.05) is 19.1 Å². The number of nitrogens with zero attached hydrogens (tertiary/aromatic N) is 1. The molecule has 0 saturated carbocycles. The van der Waals surface area contributed by atoms with Gasteiger partial charge < -0.3 is 10.6 Å². The molecule has 6 heteroatoms. The largest absolute Gasteiger partial charge is 0.352 e. The number of rotatable bonds is 7. The topological polar surface area (TPSA) is 71.1 Å². The van der Waals surface area contributed by atoms with E-state index >= 15 is 0 Å². The number of nitrogens with one attached hydrogen (secondary N) is 2. The van der Waals surface area contributed by atoms with Gasteiger partial charge in [0.2, 0.25) is 5.91 Å². The number of aromatic nitrogens is 1. The maximum Gasteiger partial charge on any atom is 0.251 e. The molecule has 0 radical (unpaired) electrons. The molecule has 1 unspecified atom stereocenters. The van der Waals surface area contributed by atoms with Crippen LogP contribution in [0.4, 0.5) is 0 Å². The van der Waals surface area contributed by atoms with Crippen molar-refractivity contribution < 1.29 is 9.59 Å². The van der Waals surface area contributed by atoms with E-state index in [0.717, 1.165) is 5.56 Å². The molecule has 1 aromatic heterocycles. The summed E-state index contributed by atoms with van der Waals surface area (Å²) in [7, 11) is 0. The summed E-state index contributed by atoms with van der Waals surface area (Å²) in [4.78, 5) is 27.9. The summed E-state index contributed by atoms with van der Waals surface area (Å²) in [5.41, 5.74) is 1.51. The van der Waals surface area contributed by atoms with Gasteiger partial charge >= 0.3 is 0 Å². The first-order chi connectivity index (χ1) is 11.6. The summed E-state index contributed by atoms with van der Waals surface area (Å²) < 4.78 is 0. The molecule has 0 aliphatic heterocycles. The molecule has 1 heterocycles. The van der Waals surface area contributed by atoms with E-state index < -0.39 is 0 Å². The lowest BCUT2D eigenvalue weighted by molar-refractivity contribution is -0.121. The summed E-state index contributed by atoms with van der Waals surface area (Å²) in [5.74, 6) is -0.220. The van der Waals surface area contributed by atoms with Crippen molar-refractivity contribution in [3.8, 4) is 0 Å². The molecule has 24 heavy (non-hydrogen) atoms. The van der Waals surface area contributed by atoms with E-state index in [9.17, 15) is 9.59 Å². The van der Waals surface area contributed by atoms with Crippen LogP contribution >= 0.6 is 11.6 Å². The number of carbonyl (C=O) groups excluding carboxylic acids is 2. The van der Waals surface area contributed by atoms with Crippen molar-refractivity contribution in [1.82, 2.24) is 15.6 Å². The third-order valence-electron chi connectivity index (χ3n) is 3.53. The van der Waals surface area contributed by atoms with Crippen LogP contribution in [0.2, 0.25) is 5.02 Å². The molecule has 0 aliphatic rings. The fraction of sp³-hybridized carbons (Fsp3) is 0.278. The van der Waals surface area contributed by atoms with Crippen molar-refractivity contribution in [3.63, 3.8) is 0 Å². The fourth-order valence-electron chi connectivity index (χ4n) is 2.18. The molecular weight excluding hydrogens is 326 g/mol. The summed E-state index contributed by atoms with van der Waals surface area (Å²) >= 11 is 5.78. The van der Waals surface area contributed by atoms with Crippen molar-refractivity contribution >= 4 is 23.4 Å². The first-order valence-corrected chi connectivity index (χ1v) is 8.17. The Bertz CT molecular complexity index is 674. The predicted molar refractivity (Wildman–Crippen MR) is 93.8 cm³/mol. The molecule has 126 valence electrons. The minimum absolute atomic E-state index is 0.0490. The Morgan fingerprint density at radius 3 is 2.62 bits per heavy atom. The molecular formula is C18H20ClN3O2. The van der Waals surface area contributed by atoms with Gasteiger partial charge in [0.15, 0.2) is 0 Å². The minimum atomic E-state index is -0.171. The van der Waals surface area contributed by atoms with Crippen LogP contribution in [-0.4, -0.2) is 23.3 Å². The molecule has 2 N–H and O–H groups in total. The zero-order valence-electron chi connectivity index (χ0n) is 13.5. The lowest BCUT2D eigenvalue weighted by Gasteiger charge is -2.13. The first kappa shape index (κ1) is 17.9. The molecule has 0 aliphatic carbocycles. The standard InChI is InChI=1S/C18H20ClN3O2/c1-13(15-4-2-10-20-12-15)22-17(23)5-3-11-21-18(24)14-6-8-16(19)9-7-14/h2,4,6-10,12-13H,3,5,11H2,1H3,(H,21,24)(H,22,23). The van der Waals surface area contributed by atoms with Gasteiger partial charge in [0.1, 0.15) is 0 Å². The molecule has 2 amide bonds. The highest BCUT2D eigenvalue weighted by atomic mass is 35.5. The van der Waals surface area contributed by atoms with Crippen molar-refractivity contribution in [2.24, 2.45) is 0 Å². The van der Waals surface area contributed by atoms with Crippen LogP contribution in [0.15, 0.2) is 48.8 Å². The number of halogens is 1. The number of hydrogen-bond donors (Lipinski definition) is 2. The molecule has 1 atom stereocenters. The Hall–Kier alpha value is -2.40. The Kier molecular flexibility index (Phi) is 6.75. The van der Waals surface area contributed by atoms with Crippen molar-refractivity contribution in [3.05, 3.63) is 64.9 Å². The zero-order valence-corrected chi connectivity index (χ0v) is 14.2. The van der Waals surface area contributed by atoms with Crippen LogP contribution in [0.3, 0.4) is 0 Å². The van der Waals surface area contributed by atoms with E-state index in [-0.39, 0.29) is 17.9 Å². The lowest BCUT2D eigenvalue weighted by Crippen LogP contribution is -2.29. The smallest absolute Gasteiger partial charge is 0.251 e. The predicted octanol–water partition coefficient (Wildman–Crippen LogP) is 3.12. The van der Waals surface area contributed by atoms with E-state index in [0.29, 0.717) is 30.0 Å². The average Bonchev–Trinajstić information content (AvgIpc) is 2.60. The summed E-state index contributed by atoms with van der Waals surface area (Å²) in [6.07, 6.45) is 4.36. The van der Waals surface area contributed by atoms with Crippen LogP contribution in [0.5, 0.6) is 0 Å². The molecule has 2 aromatic rings. The van der Waals surface area contributed by atoms with Crippen LogP contribution < -0.4 is 10.6 Å². The molecule has 0 spiro atoms. The van der Waals surface area contributed by atoms with Gasteiger partial charge in [-0.05, 0) is 49.2 Å². The third kappa shape index (κ3) is 5.66. The number of benzene rings is 1. The molecule has 1 aromatic carbocycles. The van der Waals surface area contributed by atoms with E-state index in [2.05, 4.69) is 15.6 Å². The first-order valence-electron chi connectivity index (χ1n) is 7.79. The molecule has 2 rings (SSSR count). The lowest BCUT2D eigenvalue weighted by atomic mass is 10.1. The maximum atomic E-state index is 11.9. The monoisotopic (exact) mass is 345 g/mol. The Morgan fingerprint density at radius 1 is 1.21 bits per heavy atom. The minimum Gasteiger partial charge on any atom is -0.352 e. The van der Waals surface area contributed by atoms with Gasteiger partial charge in [0.25, 0.3) is 5.91 Å². The average molecular weight is 346 g/mol. The van der Waals surface area contributed by atoms with Gasteiger partial charge in [-0.1, -0.05) is 17.7 Å². The van der Waals surface area contributed by atoms with E-state index in [4.69, 9.17) is 11.6 Å². The quantitative estimate of drug-likeness (QED) is 0.757. The SMILES string of the molecule is CC(NC(=O)CCCNC(=O)c1ccc(Cl)cc1)c1cccnc1. The van der Waals surface area contributed by atoms with Gasteiger partial charge in [0, 0.05) is 35.9 Å². The van der Waals surface area contributed by atoms with E-state index in [1.165, 1.54) is 0 Å². The number of amides is 2. The van der Waals surface area contributed by atoms with E-state index in [1.54, 1.807) is 36.7 Å². The van der Waals surface area contributed by atoms with Gasteiger partial charge in [-0.2, -0.15) is 0 Å². The van der Waals surface area contributed by atoms with Crippen LogP contribution in [0.1, 0.15) is 41.7 Å². The van der Waals surface area contributed by atoms with Crippen molar-refractivity contribution in [1.29, 1.82) is 0 Å². The Morgan fingerprint density at radius 2 is 1.96 bits per heavy atom. The second-order valence-corrected chi connectivity index (χ2v) is 5.88. The Labute approximate surface area is 146 Å². The van der Waals surface area contributed by atoms with Gasteiger partial charge in [0.05, 0.1) is 6.04 Å². The van der Waals surface area contributed by atoms with Gasteiger partial charge in [-0.15, -0.1) is 0 Å². The van der Waals surface area contributed by atoms with Crippen LogP contribution in [-0.2, 0) is 4.79 Å². The highest BCUT2D eigenvalue weighted by Crippen LogP contribution is 2.10. The van der Waals surface area contributed by atoms with Crippen LogP contribution in [0, 0.1) is 0 Å². The Balaban J connectivity index is 1.67. The second-order valence-electron chi connectivity index (χ2n) is 5.44. The van der Waals surface area contributed by atoms with Crippen molar-refractivity contribution in [2.75, 3.05) is 6.54 Å². The highest BCUT2D eigenvalue weighted by molar-refractivity contribution is 6.30. The fourth-order valence-corrected chi connectivity index (χ4v) is 2.31. The van der Waals surface area contributed by atoms with Gasteiger partial charge in [-0.3, -0.25) is 14.6 Å². The summed E-state index contributed by atoms with van der Waals surface area (Å²) in [6, 6.07) is 10.3. The van der Waals surface area contributed by atoms with Gasteiger partial charge in [-0.25, -0.2) is 0 Å². The summed E-state index contributed by atoms with van der Waals surface area (Å²) in [6.45, 7) is 2.35. The molecule has 5 nitrogen and oxygen atoms in total. The number of hydrogen-bond acceptors (Lipinski definition) is 3. The molecule has 0 bridgehead atoms. The molecule has 0 saturated heterocycles. The number of pyridine rings is 1. The second kappa shape index (κ2) is 9.03. The summed E-state index contributed by atoms with van der Waals surface area (Å²) in [5, 5.41) is 6.29. The van der Waals surface area contributed by atoms with Crippen molar-refractivity contribution in [2.45, 2.75) is 25.8 Å². The molecule has 0 fully saturated rings. The highest BCUT2D eigenvalue weighted by Gasteiger charge is 2.10. The normalized spacial score (nSPS) is 11.6. The third-order valence-corrected chi connectivity index (χ3v) is 3.79. The number of carbonyl (C=O) groups is 2. The maximum absolute atomic E-state index is 11.9.